The number of ether oxygens (including phenoxy) is 2. The Morgan fingerprint density at radius 1 is 0.577 bits per heavy atom. The van der Waals surface area contributed by atoms with Gasteiger partial charge >= 0.3 is 23.9 Å². The normalized spacial score (nSPS) is 23.8. The molecule has 6 heterocycles. The average Bonchev–Trinajstić information content (AvgIpc) is 1.67. The number of hydrogen-bond donors (Lipinski definition) is 24. The minimum absolute atomic E-state index is 0.00710. The Morgan fingerprint density at radius 2 is 1.20 bits per heavy atom. The van der Waals surface area contributed by atoms with E-state index < -0.39 is 322 Å². The number of aromatic hydroxyl groups is 1. The third kappa shape index (κ3) is 32.6. The number of rotatable bonds is 31. The summed E-state index contributed by atoms with van der Waals surface area (Å²) in [6, 6.07) is -9.15. The van der Waals surface area contributed by atoms with Crippen molar-refractivity contribution >= 4 is 141 Å². The van der Waals surface area contributed by atoms with Crippen LogP contribution in [0.3, 0.4) is 0 Å². The van der Waals surface area contributed by atoms with Crippen LogP contribution >= 0.6 is 0 Å². The summed E-state index contributed by atoms with van der Waals surface area (Å²) in [7, 11) is 0. The monoisotopic (exact) mass is 1980 g/mol. The molecule has 1 aromatic heterocycles. The number of nitrogens with one attached hydrogen (secondary N) is 18. The summed E-state index contributed by atoms with van der Waals surface area (Å²) in [6.45, 7) is 6.08. The fraction of sp³-hybridized carbons (Fsp3) is 0.548. The first kappa shape index (κ1) is 111. The third-order valence-electron chi connectivity index (χ3n) is 24.6. The number of carboxylic acid groups (broad SMARTS) is 2. The van der Waals surface area contributed by atoms with Crippen LogP contribution in [-0.4, -0.2) is 314 Å². The number of aliphatic carboxylic acids is 2. The lowest BCUT2D eigenvalue weighted by molar-refractivity contribution is -0.154. The standard InChI is InChI=1S/C93H128N22O27/c1-46(2)37-60-80(127)101-58-30-32-72(122)141-45-66-85(132)106-64(83(130)104-60)42-73(123)142-49(6)76(113-84(131)62(40-52-44-99-55-20-11-10-19-54(52)55)107-86(133)68-24-16-36-115(68)91(138)74(47(3)4)112-79(126)57(29-31-71(120)121)102-88(135)75(48(5)116)111-70(119)43-94)89(136)108-61(38-51-25-27-53(117)28-26-51)81(128)100-56(77(124)109-65(39-50-17-8-7-9-18-50)90(137)114-35-15-23-67(114)87(134)110-66)21-12-13-33-97-69(118)41-63(105-78(58)125)82(129)103-59(92(139)140)22-14-34-98-93(95)96/h7-11,17-20,25-28,44,46-49,56-68,74-76,99,116-117H,12-16,21-24,29-43,45,94H2,1-6H3,(H,97,118)(H,100,128)(H,101,127)(H,102,135)(H,103,129)(H,104,130)(H,105,125)(H,106,132)(H,107,133)(H,108,136)(H,109,124)(H,110,134)(H,111,119)(H,112,126)(H,113,131)(H,120,121)(H,139,140)(H4,95,96,98)/t48-,49-,56+,57+,58+,59+,60+,61+,62+,63+,64+,65+,66+,67+,68+,74+,75+,76+/m1/s1. The van der Waals surface area contributed by atoms with Crippen LogP contribution in [0, 0.1) is 17.2 Å². The van der Waals surface area contributed by atoms with Crippen molar-refractivity contribution in [3.63, 3.8) is 0 Å². The van der Waals surface area contributed by atoms with E-state index in [0.717, 1.165) is 23.6 Å². The molecule has 4 bridgehead atoms. The molecule has 5 aliphatic rings. The van der Waals surface area contributed by atoms with Gasteiger partial charge in [0.15, 0.2) is 5.96 Å². The second-order valence-corrected chi connectivity index (χ2v) is 36.4. The number of phenolic OH excluding ortho intramolecular Hbond substituents is 1. The molecule has 0 unspecified atom stereocenters. The molecule has 4 aromatic rings. The van der Waals surface area contributed by atoms with Gasteiger partial charge < -0.3 is 141 Å². The number of aliphatic hydroxyl groups is 1. The number of carbonyl (C=O) groups excluding carboxylic acids is 19. The van der Waals surface area contributed by atoms with Crippen LogP contribution in [0.25, 0.3) is 10.9 Å². The summed E-state index contributed by atoms with van der Waals surface area (Å²) in [4.78, 5) is 315. The number of guanidine groups is 1. The number of carbonyl (C=O) groups is 21. The minimum atomic E-state index is -2.30. The quantitative estimate of drug-likeness (QED) is 0.00966. The molecule has 5 fully saturated rings. The number of likely N-dealkylation sites (tertiary alicyclic amines) is 1. The number of phenols is 1. The molecule has 18 atom stereocenters. The summed E-state index contributed by atoms with van der Waals surface area (Å²) in [5, 5.41) is 89.4. The fourth-order valence-electron chi connectivity index (χ4n) is 17.0. The zero-order valence-corrected chi connectivity index (χ0v) is 79.5. The van der Waals surface area contributed by atoms with Crippen molar-refractivity contribution < 1.29 is 131 Å². The molecule has 0 radical (unpaired) electrons. The lowest BCUT2D eigenvalue weighted by atomic mass is 10.00. The Kier molecular flexibility index (Phi) is 41.2. The summed E-state index contributed by atoms with van der Waals surface area (Å²) >= 11 is 0. The number of aliphatic hydroxyl groups excluding tert-OH is 1. The topological polar surface area (TPSA) is 748 Å². The molecule has 26 N–H and O–H groups in total. The number of nitrogens with zero attached hydrogens (tertiary/aromatic N) is 2. The summed E-state index contributed by atoms with van der Waals surface area (Å²) in [5.41, 5.74) is 12.4. The number of aromatic nitrogens is 1. The largest absolute Gasteiger partial charge is 0.508 e. The van der Waals surface area contributed by atoms with Gasteiger partial charge in [-0.25, -0.2) is 4.79 Å². The molecule has 49 nitrogen and oxygen atoms in total. The molecule has 49 heteroatoms. The Hall–Kier alpha value is -14.9. The SMILES string of the molecule is CC(C)C[C@@H]1NC(=O)[C@@H]2CC(=O)O[C@H](C)[C@H](NC(=O)[C@H](Cc3c[nH]c4ccccc34)NC(=O)[C@@H]3CCCN3C(=O)[C@@H](NC(=O)[C@H](CCC(=O)O)NC(=O)[C@@H](NC(=O)CN)[C@@H](C)O)C(C)C)C(=O)N[C@@H](Cc3ccc(O)cc3)C(=O)N[C@H]3CCCCNC(=O)C[C@@H](C(=O)N[C@@H](CCCNC(=N)N)C(=O)O)NC(=O)[C@H](CCC(=O)OC[C@H](NC(=O)[C@@H]4CCCN4C(=O)[C@H](Cc4ccccc4)NC3=O)C(=O)N2)NC1=O. The van der Waals surface area contributed by atoms with Crippen molar-refractivity contribution in [2.24, 2.45) is 23.3 Å². The fourth-order valence-corrected chi connectivity index (χ4v) is 17.0. The van der Waals surface area contributed by atoms with Crippen molar-refractivity contribution in [2.75, 3.05) is 39.3 Å². The number of benzene rings is 3. The van der Waals surface area contributed by atoms with Gasteiger partial charge in [-0.05, 0) is 138 Å². The lowest BCUT2D eigenvalue weighted by Gasteiger charge is -2.33. The van der Waals surface area contributed by atoms with Gasteiger partial charge in [0, 0.05) is 75.4 Å². The molecular formula is C93H128N22O27. The Labute approximate surface area is 816 Å². The van der Waals surface area contributed by atoms with E-state index in [0.29, 0.717) is 22.0 Å². The first-order chi connectivity index (χ1) is 67.4. The second kappa shape index (κ2) is 52.9. The van der Waals surface area contributed by atoms with Crippen molar-refractivity contribution in [1.82, 2.24) is 99.9 Å². The molecule has 5 aliphatic heterocycles. The first-order valence-corrected chi connectivity index (χ1v) is 47.2. The van der Waals surface area contributed by atoms with Gasteiger partial charge in [-0.15, -0.1) is 0 Å². The number of fused-ring (bicyclic) bond motifs is 13. The number of cyclic esters (lactones) is 1. The van der Waals surface area contributed by atoms with Crippen LogP contribution < -0.4 is 96.5 Å². The minimum Gasteiger partial charge on any atom is -0.508 e. The van der Waals surface area contributed by atoms with E-state index in [4.69, 9.17) is 26.4 Å². The van der Waals surface area contributed by atoms with E-state index in [1.54, 1.807) is 68.4 Å². The maximum atomic E-state index is 16.1. The molecule has 9 rings (SSSR count). The van der Waals surface area contributed by atoms with E-state index in [9.17, 15) is 58.8 Å². The van der Waals surface area contributed by atoms with E-state index in [1.165, 1.54) is 44.3 Å². The Morgan fingerprint density at radius 3 is 1.87 bits per heavy atom. The van der Waals surface area contributed by atoms with Crippen LogP contribution in [0.2, 0.25) is 0 Å². The zero-order chi connectivity index (χ0) is 104. The highest BCUT2D eigenvalue weighted by Crippen LogP contribution is 2.27. The van der Waals surface area contributed by atoms with Crippen LogP contribution in [0.15, 0.2) is 85.1 Å². The molecule has 3 aromatic carbocycles. The highest BCUT2D eigenvalue weighted by Gasteiger charge is 2.47. The number of carboxylic acids is 2. The van der Waals surface area contributed by atoms with Crippen molar-refractivity contribution in [1.29, 1.82) is 5.41 Å². The maximum absolute atomic E-state index is 16.1. The molecular weight excluding hydrogens is 1860 g/mol. The predicted octanol–water partition coefficient (Wildman–Crippen LogP) is -5.71. The van der Waals surface area contributed by atoms with Gasteiger partial charge in [0.05, 0.1) is 25.5 Å². The van der Waals surface area contributed by atoms with E-state index in [-0.39, 0.29) is 102 Å². The molecule has 0 saturated carbocycles. The molecule has 772 valence electrons. The first-order valence-electron chi connectivity index (χ1n) is 47.2. The van der Waals surface area contributed by atoms with Crippen molar-refractivity contribution in [3.05, 3.63) is 102 Å². The lowest BCUT2D eigenvalue weighted by Crippen LogP contribution is -2.63. The van der Waals surface area contributed by atoms with Gasteiger partial charge in [0.25, 0.3) is 0 Å². The van der Waals surface area contributed by atoms with E-state index in [1.807, 2.05) is 0 Å². The summed E-state index contributed by atoms with van der Waals surface area (Å²) < 4.78 is 11.7. The van der Waals surface area contributed by atoms with Crippen molar-refractivity contribution in [2.45, 2.75) is 272 Å². The molecule has 142 heavy (non-hydrogen) atoms. The molecule has 17 amide bonds. The smallest absolute Gasteiger partial charge is 0.326 e. The van der Waals surface area contributed by atoms with Crippen molar-refractivity contribution in [3.8, 4) is 5.75 Å². The molecule has 0 aliphatic carbocycles. The van der Waals surface area contributed by atoms with Gasteiger partial charge in [-0.1, -0.05) is 88.4 Å². The zero-order valence-electron chi connectivity index (χ0n) is 79.5. The number of nitrogens with two attached hydrogens (primary N) is 2. The van der Waals surface area contributed by atoms with Gasteiger partial charge in [0.2, 0.25) is 100 Å². The van der Waals surface area contributed by atoms with E-state index in [2.05, 4.69) is 90.1 Å². The summed E-state index contributed by atoms with van der Waals surface area (Å²) in [5.74, 6) is -27.2. The predicted molar refractivity (Wildman–Crippen MR) is 501 cm³/mol. The van der Waals surface area contributed by atoms with Gasteiger partial charge in [-0.2, -0.15) is 0 Å². The van der Waals surface area contributed by atoms with Gasteiger partial charge in [0.1, 0.15) is 115 Å². The number of H-pyrrole nitrogens is 1. The number of amides is 17. The number of aromatic amines is 1. The highest BCUT2D eigenvalue weighted by atomic mass is 16.5. The van der Waals surface area contributed by atoms with Crippen LogP contribution in [0.4, 0.5) is 0 Å². The second-order valence-electron chi connectivity index (χ2n) is 36.4. The number of hydrogen-bond acceptors (Lipinski definition) is 27. The van der Waals surface area contributed by atoms with Crippen LogP contribution in [0.1, 0.15) is 161 Å². The number of para-hydroxylation sites is 1. The molecule has 0 spiro atoms. The third-order valence-corrected chi connectivity index (χ3v) is 24.6. The maximum Gasteiger partial charge on any atom is 0.326 e. The van der Waals surface area contributed by atoms with Crippen LogP contribution in [0.5, 0.6) is 5.75 Å². The Bertz CT molecular complexity index is 5270. The summed E-state index contributed by atoms with van der Waals surface area (Å²) in [6.07, 6.45) is -9.80. The number of esters is 2. The van der Waals surface area contributed by atoms with E-state index >= 15 is 62.3 Å². The average molecular weight is 1990 g/mol. The van der Waals surface area contributed by atoms with Crippen LogP contribution in [-0.2, 0) is 129 Å². The Balaban J connectivity index is 1.17. The van der Waals surface area contributed by atoms with Gasteiger partial charge in [-0.3, -0.25) is 101 Å². The molecule has 5 saturated heterocycles. The highest BCUT2D eigenvalue weighted by molar-refractivity contribution is 6.03.